The third-order valence-electron chi connectivity index (χ3n) is 3.45. The Hall–Kier alpha value is -1.75. The van der Waals surface area contributed by atoms with Crippen LogP contribution in [0.2, 0.25) is 5.02 Å². The molecule has 122 valence electrons. The lowest BCUT2D eigenvalue weighted by Crippen LogP contribution is -2.30. The average molecular weight is 374 g/mol. The third-order valence-corrected chi connectivity index (χ3v) is 5.65. The zero-order valence-corrected chi connectivity index (χ0v) is 15.2. The fourth-order valence-corrected chi connectivity index (χ4v) is 3.94. The maximum atomic E-state index is 12.4. The number of rotatable bonds is 6. The lowest BCUT2D eigenvalue weighted by atomic mass is 10.1. The molecule has 0 aliphatic carbocycles. The van der Waals surface area contributed by atoms with E-state index in [2.05, 4.69) is 11.4 Å². The van der Waals surface area contributed by atoms with E-state index in [0.29, 0.717) is 10.8 Å². The molecule has 1 N–H and O–H groups in total. The average Bonchev–Trinajstić information content (AvgIpc) is 3.14. The van der Waals surface area contributed by atoms with Gasteiger partial charge >= 0.3 is 0 Å². The minimum absolute atomic E-state index is 0.0113. The van der Waals surface area contributed by atoms with Crippen LogP contribution < -0.4 is 5.32 Å². The van der Waals surface area contributed by atoms with E-state index in [0.717, 1.165) is 15.3 Å². The molecule has 1 atom stereocenters. The van der Waals surface area contributed by atoms with Crippen molar-refractivity contribution in [1.82, 2.24) is 5.32 Å². The van der Waals surface area contributed by atoms with Crippen molar-refractivity contribution in [3.05, 3.63) is 87.6 Å². The highest BCUT2D eigenvalue weighted by atomic mass is 35.5. The molecule has 2 aromatic carbocycles. The van der Waals surface area contributed by atoms with E-state index >= 15 is 0 Å². The molecule has 1 aromatic heterocycles. The van der Waals surface area contributed by atoms with Gasteiger partial charge in [-0.3, -0.25) is 4.79 Å². The fourth-order valence-electron chi connectivity index (χ4n) is 2.30. The van der Waals surface area contributed by atoms with Crippen LogP contribution >= 0.6 is 34.7 Å². The van der Waals surface area contributed by atoms with Crippen molar-refractivity contribution < 1.29 is 4.79 Å². The quantitative estimate of drug-likeness (QED) is 0.586. The highest BCUT2D eigenvalue weighted by molar-refractivity contribution is 8.00. The van der Waals surface area contributed by atoms with Gasteiger partial charge in [-0.1, -0.05) is 48.0 Å². The molecule has 5 heteroatoms. The van der Waals surface area contributed by atoms with Crippen molar-refractivity contribution in [1.29, 1.82) is 0 Å². The number of benzene rings is 2. The number of thiophene rings is 1. The van der Waals surface area contributed by atoms with Crippen molar-refractivity contribution >= 4 is 40.6 Å². The standard InChI is InChI=1S/C19H16ClNOS2/c20-15-8-10-16(11-9-15)24-13-18(22)21-19(17-7-4-12-23-17)14-5-2-1-3-6-14/h1-12,19H,13H2,(H,21,22)/t19-/m0/s1. The number of carbonyl (C=O) groups excluding carboxylic acids is 1. The zero-order chi connectivity index (χ0) is 16.8. The molecule has 0 bridgehead atoms. The Bertz CT molecular complexity index is 773. The Morgan fingerprint density at radius 3 is 2.46 bits per heavy atom. The van der Waals surface area contributed by atoms with Gasteiger partial charge in [0.2, 0.25) is 5.91 Å². The highest BCUT2D eigenvalue weighted by Gasteiger charge is 2.17. The van der Waals surface area contributed by atoms with Crippen LogP contribution in [-0.4, -0.2) is 11.7 Å². The van der Waals surface area contributed by atoms with Crippen LogP contribution in [0.4, 0.5) is 0 Å². The van der Waals surface area contributed by atoms with Crippen molar-refractivity contribution in [2.45, 2.75) is 10.9 Å². The lowest BCUT2D eigenvalue weighted by Gasteiger charge is -2.18. The summed E-state index contributed by atoms with van der Waals surface area (Å²) in [5.74, 6) is 0.383. The van der Waals surface area contributed by atoms with Gasteiger partial charge < -0.3 is 5.32 Å². The van der Waals surface area contributed by atoms with Gasteiger partial charge in [0.05, 0.1) is 11.8 Å². The summed E-state index contributed by atoms with van der Waals surface area (Å²) in [4.78, 5) is 14.6. The second kappa shape index (κ2) is 8.38. The van der Waals surface area contributed by atoms with E-state index in [-0.39, 0.29) is 11.9 Å². The van der Waals surface area contributed by atoms with Crippen molar-refractivity contribution in [2.75, 3.05) is 5.75 Å². The van der Waals surface area contributed by atoms with Gasteiger partial charge in [0.25, 0.3) is 0 Å². The summed E-state index contributed by atoms with van der Waals surface area (Å²) < 4.78 is 0. The predicted octanol–water partition coefficient (Wildman–Crippen LogP) is 5.40. The molecule has 0 saturated carbocycles. The normalized spacial score (nSPS) is 11.9. The summed E-state index contributed by atoms with van der Waals surface area (Å²) in [6.07, 6.45) is 0. The van der Waals surface area contributed by atoms with Gasteiger partial charge in [0.15, 0.2) is 0 Å². The van der Waals surface area contributed by atoms with Gasteiger partial charge in [0.1, 0.15) is 0 Å². The molecule has 0 aliphatic rings. The second-order valence-electron chi connectivity index (χ2n) is 5.17. The molecule has 1 heterocycles. The first-order chi connectivity index (χ1) is 11.7. The van der Waals surface area contributed by atoms with Crippen LogP contribution in [0, 0.1) is 0 Å². The highest BCUT2D eigenvalue weighted by Crippen LogP contribution is 2.26. The van der Waals surface area contributed by atoms with Gasteiger partial charge in [0, 0.05) is 14.8 Å². The maximum absolute atomic E-state index is 12.4. The molecule has 0 saturated heterocycles. The monoisotopic (exact) mass is 373 g/mol. The molecular weight excluding hydrogens is 358 g/mol. The molecule has 1 amide bonds. The largest absolute Gasteiger partial charge is 0.344 e. The summed E-state index contributed by atoms with van der Waals surface area (Å²) in [7, 11) is 0. The molecule has 2 nitrogen and oxygen atoms in total. The maximum Gasteiger partial charge on any atom is 0.231 e. The van der Waals surface area contributed by atoms with Crippen LogP contribution in [0.3, 0.4) is 0 Å². The Balaban J connectivity index is 1.66. The van der Waals surface area contributed by atoms with Gasteiger partial charge in [-0.25, -0.2) is 0 Å². The molecule has 24 heavy (non-hydrogen) atoms. The van der Waals surface area contributed by atoms with E-state index in [1.807, 2.05) is 66.0 Å². The Kier molecular flexibility index (Phi) is 5.96. The first kappa shape index (κ1) is 17.1. The second-order valence-corrected chi connectivity index (χ2v) is 7.63. The number of halogens is 1. The van der Waals surface area contributed by atoms with Gasteiger partial charge in [-0.05, 0) is 41.3 Å². The minimum atomic E-state index is -0.107. The van der Waals surface area contributed by atoms with E-state index in [4.69, 9.17) is 11.6 Å². The van der Waals surface area contributed by atoms with Crippen molar-refractivity contribution in [2.24, 2.45) is 0 Å². The van der Waals surface area contributed by atoms with Crippen molar-refractivity contribution in [3.8, 4) is 0 Å². The van der Waals surface area contributed by atoms with Crippen LogP contribution in [0.5, 0.6) is 0 Å². The summed E-state index contributed by atoms with van der Waals surface area (Å²) in [6, 6.07) is 21.5. The summed E-state index contributed by atoms with van der Waals surface area (Å²) >= 11 is 9.03. The van der Waals surface area contributed by atoms with Crippen LogP contribution in [0.25, 0.3) is 0 Å². The molecule has 0 radical (unpaired) electrons. The van der Waals surface area contributed by atoms with Gasteiger partial charge in [-0.2, -0.15) is 0 Å². The van der Waals surface area contributed by atoms with E-state index in [1.54, 1.807) is 11.3 Å². The summed E-state index contributed by atoms with van der Waals surface area (Å²) in [6.45, 7) is 0. The molecule has 3 aromatic rings. The zero-order valence-electron chi connectivity index (χ0n) is 12.8. The summed E-state index contributed by atoms with van der Waals surface area (Å²) in [5.41, 5.74) is 1.09. The Morgan fingerprint density at radius 1 is 1.04 bits per heavy atom. The number of hydrogen-bond acceptors (Lipinski definition) is 3. The molecule has 0 aliphatic heterocycles. The number of amides is 1. The van der Waals surface area contributed by atoms with E-state index in [9.17, 15) is 4.79 Å². The first-order valence-corrected chi connectivity index (χ1v) is 9.73. The Morgan fingerprint density at radius 2 is 1.79 bits per heavy atom. The van der Waals surface area contributed by atoms with E-state index in [1.165, 1.54) is 11.8 Å². The molecule has 0 spiro atoms. The molecular formula is C19H16ClNOS2. The number of hydrogen-bond donors (Lipinski definition) is 1. The summed E-state index contributed by atoms with van der Waals surface area (Å²) in [5, 5.41) is 5.87. The number of carbonyl (C=O) groups is 1. The van der Waals surface area contributed by atoms with Gasteiger partial charge in [-0.15, -0.1) is 23.1 Å². The van der Waals surface area contributed by atoms with E-state index < -0.39 is 0 Å². The topological polar surface area (TPSA) is 29.1 Å². The van der Waals surface area contributed by atoms with Crippen LogP contribution in [0.15, 0.2) is 77.0 Å². The smallest absolute Gasteiger partial charge is 0.231 e. The third kappa shape index (κ3) is 4.63. The van der Waals surface area contributed by atoms with Crippen molar-refractivity contribution in [3.63, 3.8) is 0 Å². The minimum Gasteiger partial charge on any atom is -0.344 e. The predicted molar refractivity (Wildman–Crippen MR) is 103 cm³/mol. The van der Waals surface area contributed by atoms with Crippen LogP contribution in [0.1, 0.15) is 16.5 Å². The number of nitrogens with one attached hydrogen (secondary N) is 1. The molecule has 0 fully saturated rings. The fraction of sp³-hybridized carbons (Fsp3) is 0.105. The molecule has 0 unspecified atom stereocenters. The SMILES string of the molecule is O=C(CSc1ccc(Cl)cc1)N[C@@H](c1ccccc1)c1cccs1. The Labute approximate surface area is 154 Å². The molecule has 3 rings (SSSR count). The first-order valence-electron chi connectivity index (χ1n) is 7.48. The van der Waals surface area contributed by atoms with Crippen LogP contribution in [-0.2, 0) is 4.79 Å². The lowest BCUT2D eigenvalue weighted by molar-refractivity contribution is -0.119. The number of thioether (sulfide) groups is 1.